The van der Waals surface area contributed by atoms with Crippen LogP contribution in [0.1, 0.15) is 25.0 Å². The molecule has 23 heavy (non-hydrogen) atoms. The molecule has 1 aromatic carbocycles. The molecular weight excluding hydrogens is 329 g/mol. The molecule has 0 heterocycles. The number of allylic oxidation sites excluding steroid dienone is 1. The van der Waals surface area contributed by atoms with Crippen molar-refractivity contribution in [3.05, 3.63) is 47.0 Å². The molecule has 0 aliphatic rings. The summed E-state index contributed by atoms with van der Waals surface area (Å²) in [4.78, 5) is 0. The summed E-state index contributed by atoms with van der Waals surface area (Å²) >= 11 is 0. The Morgan fingerprint density at radius 2 is 2.00 bits per heavy atom. The summed E-state index contributed by atoms with van der Waals surface area (Å²) in [5.74, 6) is -0.588. The van der Waals surface area contributed by atoms with Gasteiger partial charge in [-0.15, -0.1) is 0 Å². The SMILES string of the molecule is CC(C)=CCN(CC#N)S(=O)(=O)Cc1cccc(C(F)(F)F)c1. The minimum Gasteiger partial charge on any atom is -0.212 e. The number of nitriles is 1. The lowest BCUT2D eigenvalue weighted by atomic mass is 10.1. The lowest BCUT2D eigenvalue weighted by Crippen LogP contribution is -2.33. The van der Waals surface area contributed by atoms with Crippen molar-refractivity contribution in [2.45, 2.75) is 25.8 Å². The molecule has 0 atom stereocenters. The summed E-state index contributed by atoms with van der Waals surface area (Å²) in [6.45, 7) is 3.22. The van der Waals surface area contributed by atoms with E-state index < -0.39 is 27.5 Å². The zero-order valence-electron chi connectivity index (χ0n) is 12.8. The van der Waals surface area contributed by atoms with E-state index in [-0.39, 0.29) is 18.7 Å². The normalized spacial score (nSPS) is 12.0. The van der Waals surface area contributed by atoms with E-state index in [1.165, 1.54) is 12.1 Å². The summed E-state index contributed by atoms with van der Waals surface area (Å²) in [6, 6.07) is 5.93. The second kappa shape index (κ2) is 7.62. The zero-order chi connectivity index (χ0) is 17.7. The molecule has 0 saturated heterocycles. The fourth-order valence-corrected chi connectivity index (χ4v) is 3.12. The number of alkyl halides is 3. The fraction of sp³-hybridized carbons (Fsp3) is 0.400. The van der Waals surface area contributed by atoms with Crippen molar-refractivity contribution < 1.29 is 21.6 Å². The van der Waals surface area contributed by atoms with Crippen molar-refractivity contribution in [1.29, 1.82) is 5.26 Å². The standard InChI is InChI=1S/C15H17F3N2O2S/c1-12(2)6-8-20(9-7-19)23(21,22)11-13-4-3-5-14(10-13)15(16,17)18/h3-6,10H,8-9,11H2,1-2H3. The predicted molar refractivity (Wildman–Crippen MR) is 80.7 cm³/mol. The van der Waals surface area contributed by atoms with Gasteiger partial charge in [-0.05, 0) is 25.5 Å². The lowest BCUT2D eigenvalue weighted by Gasteiger charge is -2.18. The topological polar surface area (TPSA) is 61.2 Å². The second-order valence-electron chi connectivity index (χ2n) is 5.19. The molecule has 0 spiro atoms. The van der Waals surface area contributed by atoms with Crippen molar-refractivity contribution in [3.8, 4) is 6.07 Å². The molecule has 126 valence electrons. The third-order valence-electron chi connectivity index (χ3n) is 2.95. The Kier molecular flexibility index (Phi) is 6.36. The summed E-state index contributed by atoms with van der Waals surface area (Å²) in [5, 5.41) is 8.76. The first-order chi connectivity index (χ1) is 10.6. The maximum absolute atomic E-state index is 12.7. The molecule has 4 nitrogen and oxygen atoms in total. The van der Waals surface area contributed by atoms with E-state index in [4.69, 9.17) is 5.26 Å². The summed E-state index contributed by atoms with van der Waals surface area (Å²) in [5.41, 5.74) is 0.00325. The van der Waals surface area contributed by atoms with Crippen molar-refractivity contribution in [2.75, 3.05) is 13.1 Å². The third-order valence-corrected chi connectivity index (χ3v) is 4.71. The van der Waals surface area contributed by atoms with E-state index in [2.05, 4.69) is 0 Å². The van der Waals surface area contributed by atoms with Gasteiger partial charge in [0.25, 0.3) is 0 Å². The van der Waals surface area contributed by atoms with E-state index in [0.717, 1.165) is 22.0 Å². The number of nitrogens with zero attached hydrogens (tertiary/aromatic N) is 2. The number of halogens is 3. The van der Waals surface area contributed by atoms with Gasteiger partial charge in [0.15, 0.2) is 0 Å². The van der Waals surface area contributed by atoms with E-state index in [1.54, 1.807) is 26.0 Å². The molecule has 0 aromatic heterocycles. The Morgan fingerprint density at radius 3 is 2.52 bits per heavy atom. The molecule has 0 N–H and O–H groups in total. The van der Waals surface area contributed by atoms with Crippen molar-refractivity contribution >= 4 is 10.0 Å². The minimum atomic E-state index is -4.53. The highest BCUT2D eigenvalue weighted by Gasteiger charge is 2.31. The van der Waals surface area contributed by atoms with Crippen LogP contribution in [-0.2, 0) is 22.0 Å². The van der Waals surface area contributed by atoms with Gasteiger partial charge in [-0.3, -0.25) is 0 Å². The molecule has 0 fully saturated rings. The monoisotopic (exact) mass is 346 g/mol. The molecule has 0 aliphatic heterocycles. The molecule has 0 unspecified atom stereocenters. The van der Waals surface area contributed by atoms with Crippen molar-refractivity contribution in [2.24, 2.45) is 0 Å². The molecular formula is C15H17F3N2O2S. The highest BCUT2D eigenvalue weighted by Crippen LogP contribution is 2.30. The number of hydrogen-bond donors (Lipinski definition) is 0. The van der Waals surface area contributed by atoms with E-state index in [0.29, 0.717) is 0 Å². The van der Waals surface area contributed by atoms with E-state index >= 15 is 0 Å². The van der Waals surface area contributed by atoms with Gasteiger partial charge in [-0.25, -0.2) is 8.42 Å². The molecule has 0 amide bonds. The fourth-order valence-electron chi connectivity index (χ4n) is 1.78. The Hall–Kier alpha value is -1.85. The average Bonchev–Trinajstić information content (AvgIpc) is 2.42. The number of sulfonamides is 1. The van der Waals surface area contributed by atoms with Crippen LogP contribution in [0.15, 0.2) is 35.9 Å². The maximum Gasteiger partial charge on any atom is 0.416 e. The van der Waals surface area contributed by atoms with Gasteiger partial charge in [0.2, 0.25) is 10.0 Å². The second-order valence-corrected chi connectivity index (χ2v) is 7.16. The molecule has 8 heteroatoms. The highest BCUT2D eigenvalue weighted by molar-refractivity contribution is 7.88. The van der Waals surface area contributed by atoms with Gasteiger partial charge in [0.05, 0.1) is 17.4 Å². The predicted octanol–water partition coefficient (Wildman–Crippen LogP) is 3.33. The summed E-state index contributed by atoms with van der Waals surface area (Å²) < 4.78 is 63.6. The number of benzene rings is 1. The molecule has 0 radical (unpaired) electrons. The zero-order valence-corrected chi connectivity index (χ0v) is 13.6. The van der Waals surface area contributed by atoms with Gasteiger partial charge in [0, 0.05) is 6.54 Å². The van der Waals surface area contributed by atoms with Crippen LogP contribution >= 0.6 is 0 Å². The Morgan fingerprint density at radius 1 is 1.35 bits per heavy atom. The quantitative estimate of drug-likeness (QED) is 0.586. The number of hydrogen-bond acceptors (Lipinski definition) is 3. The molecule has 0 aliphatic carbocycles. The highest BCUT2D eigenvalue weighted by atomic mass is 32.2. The van der Waals surface area contributed by atoms with Gasteiger partial charge < -0.3 is 0 Å². The Labute approximate surface area is 133 Å². The lowest BCUT2D eigenvalue weighted by molar-refractivity contribution is -0.137. The van der Waals surface area contributed by atoms with E-state index in [1.807, 2.05) is 0 Å². The average molecular weight is 346 g/mol. The molecule has 1 aromatic rings. The van der Waals surface area contributed by atoms with Gasteiger partial charge in [0.1, 0.15) is 6.54 Å². The summed E-state index contributed by atoms with van der Waals surface area (Å²) in [7, 11) is -3.90. The molecule has 0 saturated carbocycles. The van der Waals surface area contributed by atoms with Crippen LogP contribution in [0.2, 0.25) is 0 Å². The largest absolute Gasteiger partial charge is 0.416 e. The first-order valence-corrected chi connectivity index (χ1v) is 8.31. The third kappa shape index (κ3) is 6.04. The maximum atomic E-state index is 12.7. The molecule has 1 rings (SSSR count). The van der Waals surface area contributed by atoms with Crippen LogP contribution in [0.5, 0.6) is 0 Å². The first kappa shape index (κ1) is 19.2. The van der Waals surface area contributed by atoms with Crippen LogP contribution in [-0.4, -0.2) is 25.8 Å². The van der Waals surface area contributed by atoms with Crippen molar-refractivity contribution in [1.82, 2.24) is 4.31 Å². The minimum absolute atomic E-state index is 0.0111. The smallest absolute Gasteiger partial charge is 0.212 e. The first-order valence-electron chi connectivity index (χ1n) is 6.70. The van der Waals surface area contributed by atoms with E-state index in [9.17, 15) is 21.6 Å². The molecule has 0 bridgehead atoms. The van der Waals surface area contributed by atoms with Gasteiger partial charge in [-0.1, -0.05) is 29.8 Å². The number of rotatable bonds is 6. The summed E-state index contributed by atoms with van der Waals surface area (Å²) in [6.07, 6.45) is -2.89. The Bertz CT molecular complexity index is 715. The van der Waals surface area contributed by atoms with Crippen LogP contribution in [0, 0.1) is 11.3 Å². The van der Waals surface area contributed by atoms with Crippen molar-refractivity contribution in [3.63, 3.8) is 0 Å². The van der Waals surface area contributed by atoms with Gasteiger partial charge in [-0.2, -0.15) is 22.7 Å². The van der Waals surface area contributed by atoms with Crippen LogP contribution in [0.3, 0.4) is 0 Å². The van der Waals surface area contributed by atoms with Gasteiger partial charge >= 0.3 is 6.18 Å². The van der Waals surface area contributed by atoms with Crippen LogP contribution < -0.4 is 0 Å². The van der Waals surface area contributed by atoms with Crippen LogP contribution in [0.25, 0.3) is 0 Å². The Balaban J connectivity index is 3.04. The van der Waals surface area contributed by atoms with Crippen LogP contribution in [0.4, 0.5) is 13.2 Å².